The smallest absolute Gasteiger partial charge is 0.254 e. The van der Waals surface area contributed by atoms with Crippen LogP contribution in [0.5, 0.6) is 0 Å². The van der Waals surface area contributed by atoms with Crippen molar-refractivity contribution in [3.05, 3.63) is 84.2 Å². The molecule has 0 unspecified atom stereocenters. The Morgan fingerprint density at radius 2 is 1.62 bits per heavy atom. The highest BCUT2D eigenvalue weighted by Crippen LogP contribution is 2.16. The lowest BCUT2D eigenvalue weighted by Crippen LogP contribution is -2.51. The minimum atomic E-state index is -0.0178. The highest BCUT2D eigenvalue weighted by molar-refractivity contribution is 5.95. The highest BCUT2D eigenvalue weighted by Gasteiger charge is 2.23. The van der Waals surface area contributed by atoms with Gasteiger partial charge in [0, 0.05) is 56.4 Å². The molecule has 2 aromatic carbocycles. The number of anilines is 2. The summed E-state index contributed by atoms with van der Waals surface area (Å²) in [6, 6.07) is 18.9. The van der Waals surface area contributed by atoms with Gasteiger partial charge in [-0.15, -0.1) is 0 Å². The number of nitrogens with zero attached hydrogens (tertiary/aromatic N) is 4. The Morgan fingerprint density at radius 3 is 2.38 bits per heavy atom. The number of hydrogen-bond acceptors (Lipinski definition) is 6. The summed E-state index contributed by atoms with van der Waals surface area (Å²) in [5, 5.41) is 6.06. The van der Waals surface area contributed by atoms with Crippen LogP contribution in [0.1, 0.15) is 15.9 Å². The van der Waals surface area contributed by atoms with Gasteiger partial charge in [-0.2, -0.15) is 0 Å². The van der Waals surface area contributed by atoms with Crippen LogP contribution in [0.2, 0.25) is 0 Å². The molecule has 0 aliphatic carbocycles. The molecule has 0 bridgehead atoms. The normalized spacial score (nSPS) is 14.1. The third-order valence-electron chi connectivity index (χ3n) is 5.29. The molecule has 8 nitrogen and oxygen atoms in total. The van der Waals surface area contributed by atoms with Gasteiger partial charge in [0.2, 0.25) is 11.9 Å². The SMILES string of the molecule is O=C(CN1CCN(C(=O)c2cccc(Nc3ncccn3)c2)CC1)NCc1ccccc1. The summed E-state index contributed by atoms with van der Waals surface area (Å²) < 4.78 is 0. The second-order valence-corrected chi connectivity index (χ2v) is 7.61. The number of benzene rings is 2. The van der Waals surface area contributed by atoms with Gasteiger partial charge < -0.3 is 15.5 Å². The molecular formula is C24H26N6O2. The zero-order valence-corrected chi connectivity index (χ0v) is 17.8. The van der Waals surface area contributed by atoms with Crippen molar-refractivity contribution in [1.82, 2.24) is 25.1 Å². The Morgan fingerprint density at radius 1 is 0.875 bits per heavy atom. The second kappa shape index (κ2) is 10.5. The summed E-state index contributed by atoms with van der Waals surface area (Å²) in [4.78, 5) is 37.4. The molecule has 1 aliphatic heterocycles. The molecule has 32 heavy (non-hydrogen) atoms. The number of rotatable bonds is 7. The van der Waals surface area contributed by atoms with Crippen LogP contribution in [-0.2, 0) is 11.3 Å². The van der Waals surface area contributed by atoms with Crippen LogP contribution in [0, 0.1) is 0 Å². The fourth-order valence-electron chi connectivity index (χ4n) is 3.57. The lowest BCUT2D eigenvalue weighted by atomic mass is 10.1. The molecule has 1 saturated heterocycles. The van der Waals surface area contributed by atoms with E-state index in [1.807, 2.05) is 59.5 Å². The molecule has 8 heteroatoms. The average molecular weight is 431 g/mol. The Balaban J connectivity index is 1.25. The Bertz CT molecular complexity index is 1040. The Labute approximate surface area is 187 Å². The number of aromatic nitrogens is 2. The molecule has 0 saturated carbocycles. The lowest BCUT2D eigenvalue weighted by molar-refractivity contribution is -0.122. The van der Waals surface area contributed by atoms with E-state index in [2.05, 4.69) is 25.5 Å². The van der Waals surface area contributed by atoms with Gasteiger partial charge >= 0.3 is 0 Å². The van der Waals surface area contributed by atoms with Gasteiger partial charge in [0.1, 0.15) is 0 Å². The minimum Gasteiger partial charge on any atom is -0.351 e. The molecule has 0 spiro atoms. The predicted molar refractivity (Wildman–Crippen MR) is 122 cm³/mol. The van der Waals surface area contributed by atoms with Gasteiger partial charge in [-0.1, -0.05) is 36.4 Å². The molecule has 1 fully saturated rings. The number of carbonyl (C=O) groups is 2. The van der Waals surface area contributed by atoms with Crippen LogP contribution in [-0.4, -0.2) is 64.3 Å². The van der Waals surface area contributed by atoms with E-state index in [1.54, 1.807) is 18.5 Å². The van der Waals surface area contributed by atoms with Gasteiger partial charge in [-0.25, -0.2) is 9.97 Å². The van der Waals surface area contributed by atoms with Crippen molar-refractivity contribution in [1.29, 1.82) is 0 Å². The molecule has 0 atom stereocenters. The molecule has 2 heterocycles. The fraction of sp³-hybridized carbons (Fsp3) is 0.250. The van der Waals surface area contributed by atoms with E-state index in [4.69, 9.17) is 0 Å². The van der Waals surface area contributed by atoms with Crippen LogP contribution in [0.4, 0.5) is 11.6 Å². The van der Waals surface area contributed by atoms with E-state index in [0.29, 0.717) is 50.8 Å². The first kappa shape index (κ1) is 21.5. The monoisotopic (exact) mass is 430 g/mol. The summed E-state index contributed by atoms with van der Waals surface area (Å²) in [5.41, 5.74) is 2.45. The van der Waals surface area contributed by atoms with Crippen LogP contribution in [0.15, 0.2) is 73.1 Å². The molecule has 164 valence electrons. The average Bonchev–Trinajstić information content (AvgIpc) is 2.84. The largest absolute Gasteiger partial charge is 0.351 e. The number of hydrogen-bond donors (Lipinski definition) is 2. The Kier molecular flexibility index (Phi) is 7.04. The number of piperazine rings is 1. The maximum atomic E-state index is 13.0. The first-order chi connectivity index (χ1) is 15.7. The Hall–Kier alpha value is -3.78. The standard InChI is InChI=1S/C24H26N6O2/c31-22(27-17-19-6-2-1-3-7-19)18-29-12-14-30(15-13-29)23(32)20-8-4-9-21(16-20)28-24-25-10-5-11-26-24/h1-11,16H,12-15,17-18H2,(H,27,31)(H,25,26,28). The number of nitrogens with one attached hydrogen (secondary N) is 2. The van der Waals surface area contributed by atoms with E-state index in [-0.39, 0.29) is 11.8 Å². The van der Waals surface area contributed by atoms with Crippen LogP contribution >= 0.6 is 0 Å². The molecule has 1 aliphatic rings. The number of carbonyl (C=O) groups excluding carboxylic acids is 2. The molecule has 1 aromatic heterocycles. The number of amides is 2. The first-order valence-electron chi connectivity index (χ1n) is 10.6. The van der Waals surface area contributed by atoms with E-state index in [1.165, 1.54) is 0 Å². The predicted octanol–water partition coefficient (Wildman–Crippen LogP) is 2.29. The maximum absolute atomic E-state index is 13.0. The van der Waals surface area contributed by atoms with Crippen molar-refractivity contribution in [2.75, 3.05) is 38.0 Å². The summed E-state index contributed by atoms with van der Waals surface area (Å²) in [6.07, 6.45) is 3.32. The van der Waals surface area contributed by atoms with E-state index in [0.717, 1.165) is 11.3 Å². The third kappa shape index (κ3) is 5.89. The zero-order valence-electron chi connectivity index (χ0n) is 17.8. The third-order valence-corrected chi connectivity index (χ3v) is 5.29. The summed E-state index contributed by atoms with van der Waals surface area (Å²) in [6.45, 7) is 3.37. The van der Waals surface area contributed by atoms with Crippen molar-refractivity contribution in [2.45, 2.75) is 6.54 Å². The lowest BCUT2D eigenvalue weighted by Gasteiger charge is -2.34. The first-order valence-corrected chi connectivity index (χ1v) is 10.6. The molecular weight excluding hydrogens is 404 g/mol. The summed E-state index contributed by atoms with van der Waals surface area (Å²) in [5.74, 6) is 0.461. The van der Waals surface area contributed by atoms with E-state index in [9.17, 15) is 9.59 Å². The van der Waals surface area contributed by atoms with E-state index >= 15 is 0 Å². The van der Waals surface area contributed by atoms with Gasteiger partial charge in [0.05, 0.1) is 6.54 Å². The van der Waals surface area contributed by atoms with Gasteiger partial charge in [0.25, 0.3) is 5.91 Å². The van der Waals surface area contributed by atoms with Crippen molar-refractivity contribution >= 4 is 23.5 Å². The summed E-state index contributed by atoms with van der Waals surface area (Å²) >= 11 is 0. The minimum absolute atomic E-state index is 0.00413. The van der Waals surface area contributed by atoms with Gasteiger partial charge in [-0.3, -0.25) is 14.5 Å². The molecule has 3 aromatic rings. The van der Waals surface area contributed by atoms with Crippen LogP contribution in [0.25, 0.3) is 0 Å². The molecule has 4 rings (SSSR count). The zero-order chi connectivity index (χ0) is 22.2. The topological polar surface area (TPSA) is 90.5 Å². The second-order valence-electron chi connectivity index (χ2n) is 7.61. The van der Waals surface area contributed by atoms with Crippen molar-refractivity contribution in [2.24, 2.45) is 0 Å². The van der Waals surface area contributed by atoms with E-state index < -0.39 is 0 Å². The summed E-state index contributed by atoms with van der Waals surface area (Å²) in [7, 11) is 0. The molecule has 2 amide bonds. The van der Waals surface area contributed by atoms with Crippen LogP contribution in [0.3, 0.4) is 0 Å². The maximum Gasteiger partial charge on any atom is 0.254 e. The van der Waals surface area contributed by atoms with Crippen LogP contribution < -0.4 is 10.6 Å². The van der Waals surface area contributed by atoms with Crippen molar-refractivity contribution in [3.63, 3.8) is 0 Å². The highest BCUT2D eigenvalue weighted by atomic mass is 16.2. The van der Waals surface area contributed by atoms with Gasteiger partial charge in [0.15, 0.2) is 0 Å². The fourth-order valence-corrected chi connectivity index (χ4v) is 3.57. The molecule has 2 N–H and O–H groups in total. The van der Waals surface area contributed by atoms with Crippen molar-refractivity contribution < 1.29 is 9.59 Å². The molecule has 0 radical (unpaired) electrons. The van der Waals surface area contributed by atoms with Gasteiger partial charge in [-0.05, 0) is 29.8 Å². The van der Waals surface area contributed by atoms with Crippen molar-refractivity contribution in [3.8, 4) is 0 Å². The quantitative estimate of drug-likeness (QED) is 0.598.